The van der Waals surface area contributed by atoms with Gasteiger partial charge in [0.15, 0.2) is 0 Å². The molecule has 0 spiro atoms. The number of fused-ring (bicyclic) bond motifs is 4. The summed E-state index contributed by atoms with van der Waals surface area (Å²) in [4.78, 5) is 20.1. The second-order valence-corrected chi connectivity index (χ2v) is 8.87. The molecule has 32 heavy (non-hydrogen) atoms. The SMILES string of the molecule is CN1Cc2ccc(-n3c(=O)ccc4cnc5ccc(-c6ccc(Cl)cc6)cc5c43)cc2C1. The predicted molar refractivity (Wildman–Crippen MR) is 130 cm³/mol. The average molecular weight is 438 g/mol. The lowest BCUT2D eigenvalue weighted by atomic mass is 10.0. The number of aromatic nitrogens is 2. The molecule has 0 aliphatic carbocycles. The molecule has 1 aliphatic heterocycles. The van der Waals surface area contributed by atoms with Crippen LogP contribution in [0.3, 0.4) is 0 Å². The number of hydrogen-bond donors (Lipinski definition) is 0. The fraction of sp³-hybridized carbons (Fsp3) is 0.111. The average Bonchev–Trinajstić information content (AvgIpc) is 3.18. The quantitative estimate of drug-likeness (QED) is 0.327. The second-order valence-electron chi connectivity index (χ2n) is 8.43. The van der Waals surface area contributed by atoms with E-state index in [9.17, 15) is 4.79 Å². The van der Waals surface area contributed by atoms with E-state index in [1.165, 1.54) is 11.1 Å². The second kappa shape index (κ2) is 7.30. The van der Waals surface area contributed by atoms with Crippen LogP contribution in [0.1, 0.15) is 11.1 Å². The van der Waals surface area contributed by atoms with Gasteiger partial charge in [0.25, 0.3) is 5.56 Å². The normalized spacial score (nSPS) is 13.7. The minimum absolute atomic E-state index is 0.0480. The van der Waals surface area contributed by atoms with E-state index in [4.69, 9.17) is 11.6 Å². The molecular formula is C27H20ClN3O. The lowest BCUT2D eigenvalue weighted by molar-refractivity contribution is 0.353. The summed E-state index contributed by atoms with van der Waals surface area (Å²) in [6.07, 6.45) is 1.84. The Kier molecular flexibility index (Phi) is 4.39. The van der Waals surface area contributed by atoms with E-state index in [1.54, 1.807) is 6.07 Å². The first-order valence-corrected chi connectivity index (χ1v) is 11.0. The highest BCUT2D eigenvalue weighted by Gasteiger charge is 2.18. The van der Waals surface area contributed by atoms with Crippen molar-refractivity contribution in [2.24, 2.45) is 0 Å². The first kappa shape index (κ1) is 19.2. The molecule has 6 rings (SSSR count). The van der Waals surface area contributed by atoms with Crippen LogP contribution >= 0.6 is 11.6 Å². The molecule has 0 saturated carbocycles. The molecule has 3 heterocycles. The fourth-order valence-electron chi connectivity index (χ4n) is 4.68. The number of benzene rings is 3. The molecule has 0 amide bonds. The van der Waals surface area contributed by atoms with E-state index in [0.717, 1.165) is 51.7 Å². The standard InChI is InChI=1S/C27H20ClN3O/c1-30-15-20-4-9-23(12-21(20)16-30)31-26(32)11-6-19-14-29-25-10-5-18(13-24(25)27(19)31)17-2-7-22(28)8-3-17/h2-14H,15-16H2,1H3. The molecule has 0 radical (unpaired) electrons. The summed E-state index contributed by atoms with van der Waals surface area (Å²) in [5, 5.41) is 2.59. The number of hydrogen-bond acceptors (Lipinski definition) is 3. The molecule has 3 aromatic carbocycles. The minimum atomic E-state index is -0.0480. The Morgan fingerprint density at radius 1 is 0.844 bits per heavy atom. The highest BCUT2D eigenvalue weighted by Crippen LogP contribution is 2.31. The molecule has 156 valence electrons. The van der Waals surface area contributed by atoms with Crippen LogP contribution in [-0.2, 0) is 13.1 Å². The molecule has 0 saturated heterocycles. The maximum Gasteiger partial charge on any atom is 0.255 e. The Balaban J connectivity index is 1.64. The smallest absolute Gasteiger partial charge is 0.255 e. The predicted octanol–water partition coefficient (Wildman–Crippen LogP) is 5.80. The van der Waals surface area contributed by atoms with Crippen molar-refractivity contribution >= 4 is 33.4 Å². The van der Waals surface area contributed by atoms with E-state index in [1.807, 2.05) is 53.2 Å². The third-order valence-electron chi connectivity index (χ3n) is 6.22. The van der Waals surface area contributed by atoms with Gasteiger partial charge >= 0.3 is 0 Å². The van der Waals surface area contributed by atoms with Crippen molar-refractivity contribution in [1.82, 2.24) is 14.5 Å². The van der Waals surface area contributed by atoms with Crippen LogP contribution in [-0.4, -0.2) is 21.5 Å². The molecule has 5 aromatic rings. The molecule has 1 aliphatic rings. The van der Waals surface area contributed by atoms with E-state index < -0.39 is 0 Å². The lowest BCUT2D eigenvalue weighted by Crippen LogP contribution is -2.18. The van der Waals surface area contributed by atoms with E-state index in [-0.39, 0.29) is 5.56 Å². The Morgan fingerprint density at radius 2 is 1.62 bits per heavy atom. The summed E-state index contributed by atoms with van der Waals surface area (Å²) in [5.74, 6) is 0. The van der Waals surface area contributed by atoms with Gasteiger partial charge in [-0.1, -0.05) is 35.9 Å². The van der Waals surface area contributed by atoms with Gasteiger partial charge in [-0.2, -0.15) is 0 Å². The fourth-order valence-corrected chi connectivity index (χ4v) is 4.81. The highest BCUT2D eigenvalue weighted by molar-refractivity contribution is 6.30. The lowest BCUT2D eigenvalue weighted by Gasteiger charge is -2.14. The van der Waals surface area contributed by atoms with Crippen LogP contribution in [0.15, 0.2) is 83.8 Å². The van der Waals surface area contributed by atoms with Crippen molar-refractivity contribution in [3.8, 4) is 16.8 Å². The maximum atomic E-state index is 13.2. The van der Waals surface area contributed by atoms with Crippen LogP contribution in [0.25, 0.3) is 38.6 Å². The summed E-state index contributed by atoms with van der Waals surface area (Å²) in [6.45, 7) is 1.84. The van der Waals surface area contributed by atoms with E-state index in [2.05, 4.69) is 41.2 Å². The number of rotatable bonds is 2. The van der Waals surface area contributed by atoms with Crippen molar-refractivity contribution in [3.63, 3.8) is 0 Å². The maximum absolute atomic E-state index is 13.2. The zero-order chi connectivity index (χ0) is 21.8. The molecule has 5 heteroatoms. The molecule has 2 aromatic heterocycles. The van der Waals surface area contributed by atoms with Gasteiger partial charge in [-0.15, -0.1) is 0 Å². The number of pyridine rings is 2. The van der Waals surface area contributed by atoms with Crippen molar-refractivity contribution in [2.45, 2.75) is 13.1 Å². The van der Waals surface area contributed by atoms with Gasteiger partial charge < -0.3 is 0 Å². The highest BCUT2D eigenvalue weighted by atomic mass is 35.5. The zero-order valence-corrected chi connectivity index (χ0v) is 18.3. The topological polar surface area (TPSA) is 38.1 Å². The van der Waals surface area contributed by atoms with Crippen molar-refractivity contribution in [2.75, 3.05) is 7.05 Å². The Labute approximate surface area is 190 Å². The van der Waals surface area contributed by atoms with Gasteiger partial charge in [0.05, 0.1) is 11.0 Å². The summed E-state index contributed by atoms with van der Waals surface area (Å²) in [7, 11) is 2.11. The van der Waals surface area contributed by atoms with Crippen LogP contribution in [0, 0.1) is 0 Å². The van der Waals surface area contributed by atoms with Gasteiger partial charge in [-0.3, -0.25) is 19.2 Å². The van der Waals surface area contributed by atoms with E-state index in [0.29, 0.717) is 5.02 Å². The van der Waals surface area contributed by atoms with Crippen molar-refractivity contribution < 1.29 is 0 Å². The summed E-state index contributed by atoms with van der Waals surface area (Å²) in [6, 6.07) is 23.8. The van der Waals surface area contributed by atoms with Crippen LogP contribution in [0.4, 0.5) is 0 Å². The molecule has 0 fully saturated rings. The third-order valence-corrected chi connectivity index (χ3v) is 6.48. The number of nitrogens with zero attached hydrogens (tertiary/aromatic N) is 3. The molecule has 0 unspecified atom stereocenters. The van der Waals surface area contributed by atoms with Gasteiger partial charge in [0.1, 0.15) is 0 Å². The third kappa shape index (κ3) is 3.11. The van der Waals surface area contributed by atoms with Crippen molar-refractivity contribution in [3.05, 3.63) is 105 Å². The first-order valence-electron chi connectivity index (χ1n) is 10.6. The van der Waals surface area contributed by atoms with E-state index >= 15 is 0 Å². The van der Waals surface area contributed by atoms with Gasteiger partial charge in [0, 0.05) is 46.8 Å². The summed E-state index contributed by atoms with van der Waals surface area (Å²) < 4.78 is 1.82. The van der Waals surface area contributed by atoms with Gasteiger partial charge in [0.2, 0.25) is 0 Å². The largest absolute Gasteiger partial charge is 0.298 e. The Bertz CT molecular complexity index is 1570. The molecule has 0 atom stereocenters. The van der Waals surface area contributed by atoms with Crippen LogP contribution in [0.5, 0.6) is 0 Å². The summed E-state index contributed by atoms with van der Waals surface area (Å²) >= 11 is 6.08. The Hall–Kier alpha value is -3.47. The van der Waals surface area contributed by atoms with Gasteiger partial charge in [-0.25, -0.2) is 0 Å². The number of halogens is 1. The molecule has 0 bridgehead atoms. The monoisotopic (exact) mass is 437 g/mol. The summed E-state index contributed by atoms with van der Waals surface area (Å²) in [5.41, 5.74) is 7.29. The minimum Gasteiger partial charge on any atom is -0.298 e. The molecule has 0 N–H and O–H groups in total. The first-order chi connectivity index (χ1) is 15.6. The van der Waals surface area contributed by atoms with Crippen molar-refractivity contribution in [1.29, 1.82) is 0 Å². The van der Waals surface area contributed by atoms with Gasteiger partial charge in [-0.05, 0) is 71.8 Å². The molecule has 4 nitrogen and oxygen atoms in total. The Morgan fingerprint density at radius 3 is 2.47 bits per heavy atom. The van der Waals surface area contributed by atoms with Crippen LogP contribution < -0.4 is 5.56 Å². The zero-order valence-electron chi connectivity index (χ0n) is 17.5. The van der Waals surface area contributed by atoms with Crippen LogP contribution in [0.2, 0.25) is 5.02 Å². The molecular weight excluding hydrogens is 418 g/mol.